The molecule has 0 saturated heterocycles. The van der Waals surface area contributed by atoms with E-state index in [4.69, 9.17) is 0 Å². The molecule has 1 heterocycles. The molecule has 0 atom stereocenters. The number of nitrogens with zero attached hydrogens (tertiary/aromatic N) is 2. The molecule has 0 spiro atoms. The van der Waals surface area contributed by atoms with Gasteiger partial charge in [-0.1, -0.05) is 24.0 Å². The van der Waals surface area contributed by atoms with Crippen molar-refractivity contribution in [1.29, 1.82) is 0 Å². The molecule has 3 rings (SSSR count). The van der Waals surface area contributed by atoms with Crippen molar-refractivity contribution in [2.45, 2.75) is 18.8 Å². The van der Waals surface area contributed by atoms with E-state index >= 15 is 0 Å². The van der Waals surface area contributed by atoms with Crippen LogP contribution in [0.4, 0.5) is 10.2 Å². The Morgan fingerprint density at radius 3 is 2.57 bits per heavy atom. The van der Waals surface area contributed by atoms with Crippen molar-refractivity contribution in [2.24, 2.45) is 4.99 Å². The minimum absolute atomic E-state index is 0.196. The van der Waals surface area contributed by atoms with Gasteiger partial charge in [-0.2, -0.15) is 4.99 Å². The fourth-order valence-corrected chi connectivity index (χ4v) is 2.11. The van der Waals surface area contributed by atoms with Crippen molar-refractivity contribution >= 4 is 23.2 Å². The van der Waals surface area contributed by atoms with Crippen LogP contribution in [0.25, 0.3) is 0 Å². The third-order valence-corrected chi connectivity index (χ3v) is 3.39. The predicted octanol–water partition coefficient (Wildman–Crippen LogP) is 4.23. The first-order valence-electron chi connectivity index (χ1n) is 6.61. The molecule has 102 valence electrons. The Balaban J connectivity index is 1.81. The average Bonchev–Trinajstić information content (AvgIpc) is 3.32. The van der Waals surface area contributed by atoms with Crippen LogP contribution in [0.2, 0.25) is 0 Å². The van der Waals surface area contributed by atoms with Gasteiger partial charge in [-0.3, -0.25) is 0 Å². The fourth-order valence-electron chi connectivity index (χ4n) is 2.02. The third-order valence-electron chi connectivity index (χ3n) is 3.30. The number of hydrogen-bond acceptors (Lipinski definition) is 3. The lowest BCUT2D eigenvalue weighted by molar-refractivity contribution is 0.622. The zero-order valence-electron chi connectivity index (χ0n) is 11.1. The van der Waals surface area contributed by atoms with E-state index < -0.39 is 5.82 Å². The van der Waals surface area contributed by atoms with Crippen molar-refractivity contribution in [3.63, 3.8) is 0 Å². The molecule has 0 amide bonds. The summed E-state index contributed by atoms with van der Waals surface area (Å²) in [5.41, 5.74) is 2.46. The van der Waals surface area contributed by atoms with E-state index in [1.54, 1.807) is 0 Å². The van der Waals surface area contributed by atoms with Crippen LogP contribution in [-0.4, -0.2) is 10.1 Å². The SMILES string of the molecule is Fc1cc(N=C=S)ncc1C#Cc1ccc(C2CC2)cc1. The first-order valence-corrected chi connectivity index (χ1v) is 7.02. The minimum Gasteiger partial charge on any atom is -0.235 e. The van der Waals surface area contributed by atoms with Crippen molar-refractivity contribution in [3.05, 3.63) is 59.0 Å². The topological polar surface area (TPSA) is 25.2 Å². The number of halogens is 1. The summed E-state index contributed by atoms with van der Waals surface area (Å²) in [4.78, 5) is 7.57. The summed E-state index contributed by atoms with van der Waals surface area (Å²) in [7, 11) is 0. The molecule has 4 heteroatoms. The molecule has 1 fully saturated rings. The highest BCUT2D eigenvalue weighted by molar-refractivity contribution is 7.78. The second-order valence-electron chi connectivity index (χ2n) is 4.87. The number of pyridine rings is 1. The molecule has 0 radical (unpaired) electrons. The molecule has 2 aromatic rings. The number of rotatable bonds is 2. The van der Waals surface area contributed by atoms with Gasteiger partial charge in [0.2, 0.25) is 0 Å². The van der Waals surface area contributed by atoms with Crippen molar-refractivity contribution in [3.8, 4) is 11.8 Å². The largest absolute Gasteiger partial charge is 0.235 e. The summed E-state index contributed by atoms with van der Waals surface area (Å²) in [5, 5.41) is 2.15. The highest BCUT2D eigenvalue weighted by Gasteiger charge is 2.22. The molecule has 1 aromatic carbocycles. The van der Waals surface area contributed by atoms with Crippen LogP contribution in [0.5, 0.6) is 0 Å². The maximum atomic E-state index is 13.8. The van der Waals surface area contributed by atoms with Crippen LogP contribution < -0.4 is 0 Å². The van der Waals surface area contributed by atoms with Crippen LogP contribution >= 0.6 is 12.2 Å². The highest BCUT2D eigenvalue weighted by atomic mass is 32.1. The van der Waals surface area contributed by atoms with E-state index in [0.29, 0.717) is 0 Å². The quantitative estimate of drug-likeness (QED) is 0.470. The Labute approximate surface area is 127 Å². The van der Waals surface area contributed by atoms with Crippen molar-refractivity contribution in [2.75, 3.05) is 0 Å². The van der Waals surface area contributed by atoms with Gasteiger partial charge in [-0.25, -0.2) is 9.37 Å². The smallest absolute Gasteiger partial charge is 0.165 e. The lowest BCUT2D eigenvalue weighted by Crippen LogP contribution is -1.86. The van der Waals surface area contributed by atoms with Gasteiger partial charge in [0.05, 0.1) is 10.7 Å². The molecule has 1 saturated carbocycles. The molecule has 1 aliphatic rings. The Bertz CT molecular complexity index is 777. The van der Waals surface area contributed by atoms with Crippen LogP contribution in [-0.2, 0) is 0 Å². The zero-order chi connectivity index (χ0) is 14.7. The van der Waals surface area contributed by atoms with E-state index in [2.05, 4.69) is 51.3 Å². The lowest BCUT2D eigenvalue weighted by atomic mass is 10.1. The number of benzene rings is 1. The van der Waals surface area contributed by atoms with Gasteiger partial charge >= 0.3 is 0 Å². The molecule has 0 N–H and O–H groups in total. The van der Waals surface area contributed by atoms with Crippen LogP contribution in [0, 0.1) is 17.7 Å². The first-order chi connectivity index (χ1) is 10.3. The van der Waals surface area contributed by atoms with Crippen LogP contribution in [0.3, 0.4) is 0 Å². The Kier molecular flexibility index (Phi) is 3.87. The second-order valence-corrected chi connectivity index (χ2v) is 5.05. The molecule has 2 nitrogen and oxygen atoms in total. The van der Waals surface area contributed by atoms with Gasteiger partial charge in [0.25, 0.3) is 0 Å². The number of aliphatic imine (C=N–C) groups is 1. The summed E-state index contributed by atoms with van der Waals surface area (Å²) < 4.78 is 13.8. The van der Waals surface area contributed by atoms with Crippen LogP contribution in [0.1, 0.15) is 35.4 Å². The monoisotopic (exact) mass is 294 g/mol. The van der Waals surface area contributed by atoms with Gasteiger partial charge in [0.15, 0.2) is 5.82 Å². The second kappa shape index (κ2) is 5.97. The van der Waals surface area contributed by atoms with Gasteiger partial charge in [-0.15, -0.1) is 0 Å². The van der Waals surface area contributed by atoms with Gasteiger partial charge in [0.1, 0.15) is 5.82 Å². The minimum atomic E-state index is -0.462. The third kappa shape index (κ3) is 3.41. The predicted molar refractivity (Wildman–Crippen MR) is 83.3 cm³/mol. The maximum Gasteiger partial charge on any atom is 0.165 e. The molecule has 1 aromatic heterocycles. The zero-order valence-corrected chi connectivity index (χ0v) is 12.0. The number of isothiocyanates is 1. The summed E-state index contributed by atoms with van der Waals surface area (Å²) in [6.07, 6.45) is 3.91. The van der Waals surface area contributed by atoms with Crippen molar-refractivity contribution in [1.82, 2.24) is 4.98 Å². The van der Waals surface area contributed by atoms with Crippen molar-refractivity contribution < 1.29 is 4.39 Å². The van der Waals surface area contributed by atoms with Gasteiger partial charge in [-0.05, 0) is 48.7 Å². The van der Waals surface area contributed by atoms with Gasteiger partial charge < -0.3 is 0 Å². The lowest BCUT2D eigenvalue weighted by Gasteiger charge is -1.97. The molecular formula is C17H11FN2S. The Morgan fingerprint density at radius 2 is 1.95 bits per heavy atom. The molecule has 0 bridgehead atoms. The molecule has 0 unspecified atom stereocenters. The average molecular weight is 294 g/mol. The highest BCUT2D eigenvalue weighted by Crippen LogP contribution is 2.39. The van der Waals surface area contributed by atoms with Gasteiger partial charge in [0, 0.05) is 17.8 Å². The molecule has 1 aliphatic carbocycles. The van der Waals surface area contributed by atoms with E-state index in [1.165, 1.54) is 30.7 Å². The Hall–Kier alpha value is -2.34. The molecule has 21 heavy (non-hydrogen) atoms. The van der Waals surface area contributed by atoms with E-state index in [0.717, 1.165) is 11.5 Å². The van der Waals surface area contributed by atoms with E-state index in [-0.39, 0.29) is 11.4 Å². The molecule has 0 aliphatic heterocycles. The van der Waals surface area contributed by atoms with Crippen LogP contribution in [0.15, 0.2) is 41.5 Å². The standard InChI is InChI=1S/C17H11FN2S/c18-16-9-17(20-11-21)19-10-15(16)6-3-12-1-4-13(5-2-12)14-7-8-14/h1-2,4-5,9-10,14H,7-8H2. The number of aromatic nitrogens is 1. The molecular weight excluding hydrogens is 283 g/mol. The summed E-state index contributed by atoms with van der Waals surface area (Å²) in [5.74, 6) is 6.19. The van der Waals surface area contributed by atoms with E-state index in [1.807, 2.05) is 12.1 Å². The maximum absolute atomic E-state index is 13.8. The normalized spacial score (nSPS) is 13.0. The van der Waals surface area contributed by atoms with E-state index in [9.17, 15) is 4.39 Å². The fraction of sp³-hybridized carbons (Fsp3) is 0.176. The Morgan fingerprint density at radius 1 is 1.19 bits per heavy atom. The number of hydrogen-bond donors (Lipinski definition) is 0. The number of thiocarbonyl (C=S) groups is 1. The first kappa shape index (κ1) is 13.6. The summed E-state index contributed by atoms with van der Waals surface area (Å²) in [6.45, 7) is 0. The summed E-state index contributed by atoms with van der Waals surface area (Å²) in [6, 6.07) is 9.31. The summed E-state index contributed by atoms with van der Waals surface area (Å²) >= 11 is 4.45.